The van der Waals surface area contributed by atoms with Gasteiger partial charge in [-0.1, -0.05) is 6.58 Å². The van der Waals surface area contributed by atoms with E-state index in [1.807, 2.05) is 0 Å². The number of amides is 1. The van der Waals surface area contributed by atoms with Crippen LogP contribution in [0.4, 0.5) is 0 Å². The molecular weight excluding hydrogens is 252 g/mol. The fourth-order valence-corrected chi connectivity index (χ4v) is 1.19. The zero-order valence-electron chi connectivity index (χ0n) is 10.4. The van der Waals surface area contributed by atoms with Crippen molar-refractivity contribution in [2.75, 3.05) is 13.7 Å². The smallest absolute Gasteiger partial charge is 0.331 e. The molecule has 0 aromatic heterocycles. The van der Waals surface area contributed by atoms with E-state index >= 15 is 0 Å². The first-order valence-corrected chi connectivity index (χ1v) is 5.41. The molecule has 0 radical (unpaired) electrons. The molecular formula is C12H14N2O5. The Morgan fingerprint density at radius 1 is 1.37 bits per heavy atom. The summed E-state index contributed by atoms with van der Waals surface area (Å²) in [6.45, 7) is 3.56. The molecule has 1 heterocycles. The molecule has 2 N–H and O–H groups in total. The largest absolute Gasteiger partial charge is 0.466 e. The maximum atomic E-state index is 11.4. The van der Waals surface area contributed by atoms with E-state index in [1.165, 1.54) is 13.3 Å². The van der Waals surface area contributed by atoms with Crippen molar-refractivity contribution in [2.24, 2.45) is 0 Å². The Kier molecular flexibility index (Phi) is 5.34. The number of nitrogens with one attached hydrogen (secondary N) is 2. The van der Waals surface area contributed by atoms with E-state index in [9.17, 15) is 14.4 Å². The molecule has 1 amide bonds. The minimum absolute atomic E-state index is 0.0256. The van der Waals surface area contributed by atoms with Gasteiger partial charge < -0.3 is 20.1 Å². The quantitative estimate of drug-likeness (QED) is 0.525. The van der Waals surface area contributed by atoms with Gasteiger partial charge in [-0.05, 0) is 0 Å². The van der Waals surface area contributed by atoms with E-state index < -0.39 is 11.9 Å². The van der Waals surface area contributed by atoms with E-state index in [0.717, 1.165) is 12.2 Å². The van der Waals surface area contributed by atoms with Gasteiger partial charge in [0.1, 0.15) is 5.82 Å². The average molecular weight is 266 g/mol. The molecule has 0 saturated heterocycles. The predicted molar refractivity (Wildman–Crippen MR) is 65.2 cm³/mol. The lowest BCUT2D eigenvalue weighted by Crippen LogP contribution is -2.35. The van der Waals surface area contributed by atoms with Crippen LogP contribution in [0.3, 0.4) is 0 Å². The number of carbonyl (C=O) groups is 3. The molecule has 0 aromatic rings. The average Bonchev–Trinajstić information content (AvgIpc) is 2.38. The lowest BCUT2D eigenvalue weighted by atomic mass is 10.2. The molecule has 0 bridgehead atoms. The van der Waals surface area contributed by atoms with Gasteiger partial charge >= 0.3 is 11.9 Å². The first-order chi connectivity index (χ1) is 9.02. The first-order valence-electron chi connectivity index (χ1n) is 5.41. The van der Waals surface area contributed by atoms with Crippen LogP contribution in [0.5, 0.6) is 0 Å². The molecule has 0 atom stereocenters. The lowest BCUT2D eigenvalue weighted by Gasteiger charge is -2.16. The summed E-state index contributed by atoms with van der Waals surface area (Å²) in [6.07, 6.45) is 3.67. The predicted octanol–water partition coefficient (Wildman–Crippen LogP) is -0.277. The van der Waals surface area contributed by atoms with Gasteiger partial charge in [-0.15, -0.1) is 0 Å². The highest BCUT2D eigenvalue weighted by Crippen LogP contribution is 2.06. The first kappa shape index (κ1) is 14.5. The van der Waals surface area contributed by atoms with Crippen LogP contribution in [-0.2, 0) is 23.9 Å². The minimum atomic E-state index is -0.681. The molecule has 0 aromatic carbocycles. The normalized spacial score (nSPS) is 14.5. The molecule has 1 aliphatic heterocycles. The van der Waals surface area contributed by atoms with E-state index in [-0.39, 0.29) is 18.9 Å². The summed E-state index contributed by atoms with van der Waals surface area (Å²) >= 11 is 0. The summed E-state index contributed by atoms with van der Waals surface area (Å²) < 4.78 is 9.12. The highest BCUT2D eigenvalue weighted by molar-refractivity contribution is 5.95. The second kappa shape index (κ2) is 7.00. The van der Waals surface area contributed by atoms with E-state index in [2.05, 4.69) is 21.9 Å². The van der Waals surface area contributed by atoms with Crippen molar-refractivity contribution in [3.05, 3.63) is 36.3 Å². The summed E-state index contributed by atoms with van der Waals surface area (Å²) in [5, 5.41) is 5.23. The number of methoxy groups -OCH3 is 1. The third kappa shape index (κ3) is 5.07. The van der Waals surface area contributed by atoms with Crippen LogP contribution in [0.25, 0.3) is 0 Å². The molecule has 1 aliphatic rings. The van der Waals surface area contributed by atoms with Gasteiger partial charge in [-0.3, -0.25) is 4.79 Å². The Morgan fingerprint density at radius 3 is 2.68 bits per heavy atom. The van der Waals surface area contributed by atoms with Crippen LogP contribution >= 0.6 is 0 Å². The van der Waals surface area contributed by atoms with Crippen LogP contribution in [-0.4, -0.2) is 31.6 Å². The van der Waals surface area contributed by atoms with Gasteiger partial charge in [0.2, 0.25) is 0 Å². The lowest BCUT2D eigenvalue weighted by molar-refractivity contribution is -0.139. The molecule has 0 saturated carbocycles. The summed E-state index contributed by atoms with van der Waals surface area (Å²) in [7, 11) is 1.20. The van der Waals surface area contributed by atoms with Crippen LogP contribution in [0.15, 0.2) is 36.3 Å². The molecule has 0 spiro atoms. The van der Waals surface area contributed by atoms with Gasteiger partial charge in [0.15, 0.2) is 0 Å². The van der Waals surface area contributed by atoms with Gasteiger partial charge in [0, 0.05) is 30.3 Å². The molecule has 0 aliphatic carbocycles. The second-order valence-electron chi connectivity index (χ2n) is 3.52. The maximum Gasteiger partial charge on any atom is 0.331 e. The SMILES string of the molecule is C=C1NC=C(CCOC(=O)/C=C/C(=O)OC)C(=O)N1. The number of carbonyl (C=O) groups excluding carboxylic acids is 3. The van der Waals surface area contributed by atoms with Crippen molar-refractivity contribution in [2.45, 2.75) is 6.42 Å². The molecule has 7 nitrogen and oxygen atoms in total. The van der Waals surface area contributed by atoms with Crippen LogP contribution in [0, 0.1) is 0 Å². The highest BCUT2D eigenvalue weighted by atomic mass is 16.5. The third-order valence-corrected chi connectivity index (χ3v) is 2.15. The Balaban J connectivity index is 2.33. The molecule has 1 rings (SSSR count). The van der Waals surface area contributed by atoms with Crippen molar-refractivity contribution in [1.82, 2.24) is 10.6 Å². The summed E-state index contributed by atoms with van der Waals surface area (Å²) in [4.78, 5) is 33.3. The van der Waals surface area contributed by atoms with E-state index in [1.54, 1.807) is 0 Å². The van der Waals surface area contributed by atoms with Gasteiger partial charge in [-0.2, -0.15) is 0 Å². The van der Waals surface area contributed by atoms with Crippen LogP contribution in [0.2, 0.25) is 0 Å². The van der Waals surface area contributed by atoms with Crippen LogP contribution in [0.1, 0.15) is 6.42 Å². The monoisotopic (exact) mass is 266 g/mol. The highest BCUT2D eigenvalue weighted by Gasteiger charge is 2.14. The van der Waals surface area contributed by atoms with Crippen LogP contribution < -0.4 is 10.6 Å². The number of hydrogen-bond donors (Lipinski definition) is 2. The van der Waals surface area contributed by atoms with Gasteiger partial charge in [-0.25, -0.2) is 9.59 Å². The Morgan fingerprint density at radius 2 is 2.05 bits per heavy atom. The fourth-order valence-electron chi connectivity index (χ4n) is 1.19. The standard InChI is InChI=1S/C12H14N2O5/c1-8-13-7-9(12(17)14-8)5-6-19-11(16)4-3-10(15)18-2/h3-4,7,13H,1,5-6H2,2H3,(H,14,17)/b4-3+. The Bertz CT molecular complexity index is 465. The molecule has 7 heteroatoms. The van der Waals surface area contributed by atoms with Crippen molar-refractivity contribution >= 4 is 17.8 Å². The van der Waals surface area contributed by atoms with Crippen molar-refractivity contribution < 1.29 is 23.9 Å². The fraction of sp³-hybridized carbons (Fsp3) is 0.250. The summed E-state index contributed by atoms with van der Waals surface area (Å²) in [5.74, 6) is -1.22. The summed E-state index contributed by atoms with van der Waals surface area (Å²) in [6, 6.07) is 0. The topological polar surface area (TPSA) is 93.7 Å². The molecule has 0 fully saturated rings. The zero-order chi connectivity index (χ0) is 14.3. The Hall–Kier alpha value is -2.57. The number of ether oxygens (including phenoxy) is 2. The zero-order valence-corrected chi connectivity index (χ0v) is 10.4. The van der Waals surface area contributed by atoms with Gasteiger partial charge in [0.05, 0.1) is 13.7 Å². The third-order valence-electron chi connectivity index (χ3n) is 2.15. The Labute approximate surface area is 109 Å². The number of rotatable bonds is 5. The van der Waals surface area contributed by atoms with Crippen molar-refractivity contribution in [3.8, 4) is 0 Å². The van der Waals surface area contributed by atoms with Crippen molar-refractivity contribution in [3.63, 3.8) is 0 Å². The van der Waals surface area contributed by atoms with Crippen molar-refractivity contribution in [1.29, 1.82) is 0 Å². The second-order valence-corrected chi connectivity index (χ2v) is 3.52. The summed E-state index contributed by atoms with van der Waals surface area (Å²) in [5.41, 5.74) is 0.442. The van der Waals surface area contributed by atoms with E-state index in [4.69, 9.17) is 4.74 Å². The molecule has 0 unspecified atom stereocenters. The van der Waals surface area contributed by atoms with Gasteiger partial charge in [0.25, 0.3) is 5.91 Å². The maximum absolute atomic E-state index is 11.4. The number of hydrogen-bond acceptors (Lipinski definition) is 6. The van der Waals surface area contributed by atoms with E-state index in [0.29, 0.717) is 11.4 Å². The number of esters is 2. The minimum Gasteiger partial charge on any atom is -0.466 e. The molecule has 102 valence electrons. The molecule has 19 heavy (non-hydrogen) atoms.